The number of carbonyl (C=O) groups is 1. The Morgan fingerprint density at radius 3 is 2.03 bits per heavy atom. The Labute approximate surface area is 187 Å². The first kappa shape index (κ1) is 26.3. The van der Waals surface area contributed by atoms with Gasteiger partial charge in [0.2, 0.25) is 0 Å². The van der Waals surface area contributed by atoms with Gasteiger partial charge in [-0.15, -0.1) is 0 Å². The molecule has 0 atom stereocenters. The SMILES string of the molecule is CC(C)=CCCC(C)=CCCC(C)=CCCC(=CCc1cc(O)cc(C)c1O)OC=O. The van der Waals surface area contributed by atoms with E-state index < -0.39 is 0 Å². The van der Waals surface area contributed by atoms with E-state index in [4.69, 9.17) is 4.74 Å². The summed E-state index contributed by atoms with van der Waals surface area (Å²) in [5.41, 5.74) is 5.33. The van der Waals surface area contributed by atoms with Gasteiger partial charge in [-0.3, -0.25) is 4.79 Å². The normalized spacial score (nSPS) is 12.6. The predicted octanol–water partition coefficient (Wildman–Crippen LogP) is 7.21. The topological polar surface area (TPSA) is 66.8 Å². The zero-order valence-corrected chi connectivity index (χ0v) is 19.7. The molecule has 0 saturated carbocycles. The third-order valence-corrected chi connectivity index (χ3v) is 5.12. The van der Waals surface area contributed by atoms with E-state index in [1.165, 1.54) is 28.9 Å². The average Bonchev–Trinajstić information content (AvgIpc) is 2.69. The number of hydrogen-bond acceptors (Lipinski definition) is 4. The van der Waals surface area contributed by atoms with Crippen LogP contribution in [0.4, 0.5) is 0 Å². The Hall–Kier alpha value is -2.75. The van der Waals surface area contributed by atoms with Crippen LogP contribution in [0.15, 0.2) is 58.9 Å². The van der Waals surface area contributed by atoms with Crippen molar-refractivity contribution < 1.29 is 19.7 Å². The number of carbonyl (C=O) groups excluding carboxylic acids is 1. The van der Waals surface area contributed by atoms with Gasteiger partial charge in [0.15, 0.2) is 0 Å². The van der Waals surface area contributed by atoms with Gasteiger partial charge in [0.1, 0.15) is 17.3 Å². The van der Waals surface area contributed by atoms with E-state index in [2.05, 4.69) is 45.9 Å². The van der Waals surface area contributed by atoms with Crippen LogP contribution in [0.3, 0.4) is 0 Å². The molecule has 0 amide bonds. The molecule has 2 N–H and O–H groups in total. The molecular formula is C27H38O4. The van der Waals surface area contributed by atoms with E-state index in [-0.39, 0.29) is 11.5 Å². The van der Waals surface area contributed by atoms with Gasteiger partial charge < -0.3 is 14.9 Å². The molecule has 1 aromatic carbocycles. The number of allylic oxidation sites excluding steroid dienone is 8. The van der Waals surface area contributed by atoms with Crippen LogP contribution in [0, 0.1) is 6.92 Å². The van der Waals surface area contributed by atoms with Crippen LogP contribution < -0.4 is 0 Å². The van der Waals surface area contributed by atoms with Crippen molar-refractivity contribution in [1.82, 2.24) is 0 Å². The maximum Gasteiger partial charge on any atom is 0.298 e. The molecule has 1 rings (SSSR count). The molecule has 0 aliphatic heterocycles. The summed E-state index contributed by atoms with van der Waals surface area (Å²) in [6.07, 6.45) is 14.6. The van der Waals surface area contributed by atoms with Crippen molar-refractivity contribution in [2.75, 3.05) is 0 Å². The van der Waals surface area contributed by atoms with Gasteiger partial charge >= 0.3 is 0 Å². The van der Waals surface area contributed by atoms with Crippen LogP contribution >= 0.6 is 0 Å². The molecule has 170 valence electrons. The van der Waals surface area contributed by atoms with Gasteiger partial charge in [0.25, 0.3) is 6.47 Å². The summed E-state index contributed by atoms with van der Waals surface area (Å²) in [6.45, 7) is 10.7. The zero-order chi connectivity index (χ0) is 23.2. The first-order valence-corrected chi connectivity index (χ1v) is 11.0. The highest BCUT2D eigenvalue weighted by atomic mass is 16.5. The third kappa shape index (κ3) is 11.3. The summed E-state index contributed by atoms with van der Waals surface area (Å²) in [7, 11) is 0. The lowest BCUT2D eigenvalue weighted by Crippen LogP contribution is -1.93. The minimum atomic E-state index is 0.108. The molecule has 0 saturated heterocycles. The Bertz CT molecular complexity index is 837. The summed E-state index contributed by atoms with van der Waals surface area (Å²) in [4.78, 5) is 10.8. The summed E-state index contributed by atoms with van der Waals surface area (Å²) in [5, 5.41) is 19.9. The highest BCUT2D eigenvalue weighted by molar-refractivity contribution is 5.46. The van der Waals surface area contributed by atoms with E-state index in [1.54, 1.807) is 13.0 Å². The van der Waals surface area contributed by atoms with E-state index in [9.17, 15) is 15.0 Å². The van der Waals surface area contributed by atoms with Gasteiger partial charge in [0.05, 0.1) is 0 Å². The molecule has 0 unspecified atom stereocenters. The molecule has 0 radical (unpaired) electrons. The van der Waals surface area contributed by atoms with Gasteiger partial charge in [0, 0.05) is 12.0 Å². The number of ether oxygens (including phenoxy) is 1. The van der Waals surface area contributed by atoms with Gasteiger partial charge in [-0.1, -0.05) is 34.9 Å². The monoisotopic (exact) mass is 426 g/mol. The highest BCUT2D eigenvalue weighted by Gasteiger charge is 2.07. The number of hydrogen-bond donors (Lipinski definition) is 2. The molecule has 0 aromatic heterocycles. The molecule has 0 aliphatic carbocycles. The average molecular weight is 427 g/mol. The van der Waals surface area contributed by atoms with Gasteiger partial charge in [-0.25, -0.2) is 0 Å². The summed E-state index contributed by atoms with van der Waals surface area (Å²) >= 11 is 0. The molecule has 4 heteroatoms. The number of phenolic OH excluding ortho intramolecular Hbond substituents is 2. The lowest BCUT2D eigenvalue weighted by molar-refractivity contribution is -0.125. The fourth-order valence-corrected chi connectivity index (χ4v) is 3.28. The quantitative estimate of drug-likeness (QED) is 0.151. The maximum atomic E-state index is 10.8. The maximum absolute atomic E-state index is 10.8. The van der Waals surface area contributed by atoms with Crippen LogP contribution in [-0.2, 0) is 16.0 Å². The van der Waals surface area contributed by atoms with Crippen molar-refractivity contribution in [3.63, 3.8) is 0 Å². The fraction of sp³-hybridized carbons (Fsp3) is 0.444. The Kier molecular flexibility index (Phi) is 12.1. The highest BCUT2D eigenvalue weighted by Crippen LogP contribution is 2.28. The van der Waals surface area contributed by atoms with E-state index in [1.807, 2.05) is 0 Å². The van der Waals surface area contributed by atoms with Crippen LogP contribution in [0.2, 0.25) is 0 Å². The number of aromatic hydroxyl groups is 2. The standard InChI is InChI=1S/C27H38O4/c1-20(2)9-6-10-21(3)11-7-12-22(4)13-8-14-26(31-19-28)16-15-24-18-25(29)17-23(5)27(24)30/h9,11,13,16-19,29-30H,6-8,10,12,14-15H2,1-5H3. The summed E-state index contributed by atoms with van der Waals surface area (Å²) < 4.78 is 5.11. The Balaban J connectivity index is 2.55. The van der Waals surface area contributed by atoms with Crippen LogP contribution in [-0.4, -0.2) is 16.7 Å². The van der Waals surface area contributed by atoms with E-state index in [0.717, 1.165) is 32.1 Å². The summed E-state index contributed by atoms with van der Waals surface area (Å²) in [5.74, 6) is 0.824. The minimum Gasteiger partial charge on any atom is -0.508 e. The van der Waals surface area contributed by atoms with Crippen molar-refractivity contribution in [2.24, 2.45) is 0 Å². The smallest absolute Gasteiger partial charge is 0.298 e. The lowest BCUT2D eigenvalue weighted by Gasteiger charge is -2.08. The molecule has 4 nitrogen and oxygen atoms in total. The largest absolute Gasteiger partial charge is 0.508 e. The van der Waals surface area contributed by atoms with Gasteiger partial charge in [-0.2, -0.15) is 0 Å². The number of rotatable bonds is 13. The first-order chi connectivity index (χ1) is 14.7. The second-order valence-electron chi connectivity index (χ2n) is 8.36. The summed E-state index contributed by atoms with van der Waals surface area (Å²) in [6, 6.07) is 3.04. The fourth-order valence-electron chi connectivity index (χ4n) is 3.28. The zero-order valence-electron chi connectivity index (χ0n) is 19.7. The molecule has 0 fully saturated rings. The second-order valence-corrected chi connectivity index (χ2v) is 8.36. The lowest BCUT2D eigenvalue weighted by atomic mass is 10.0. The molecule has 0 spiro atoms. The minimum absolute atomic E-state index is 0.108. The third-order valence-electron chi connectivity index (χ3n) is 5.12. The van der Waals surface area contributed by atoms with E-state index in [0.29, 0.717) is 36.2 Å². The Morgan fingerprint density at radius 1 is 0.871 bits per heavy atom. The van der Waals surface area contributed by atoms with Crippen LogP contribution in [0.25, 0.3) is 0 Å². The number of phenols is 2. The van der Waals surface area contributed by atoms with Crippen molar-refractivity contribution in [3.05, 3.63) is 70.0 Å². The van der Waals surface area contributed by atoms with Crippen LogP contribution in [0.1, 0.15) is 77.3 Å². The molecule has 0 bridgehead atoms. The molecule has 0 heterocycles. The molecule has 0 aliphatic rings. The molecular weight excluding hydrogens is 388 g/mol. The molecule has 31 heavy (non-hydrogen) atoms. The number of benzene rings is 1. The van der Waals surface area contributed by atoms with Crippen molar-refractivity contribution in [2.45, 2.75) is 79.6 Å². The molecule has 1 aromatic rings. The van der Waals surface area contributed by atoms with Crippen LogP contribution in [0.5, 0.6) is 11.5 Å². The van der Waals surface area contributed by atoms with Gasteiger partial charge in [-0.05, 0) is 96.9 Å². The second kappa shape index (κ2) is 14.3. The first-order valence-electron chi connectivity index (χ1n) is 11.0. The van der Waals surface area contributed by atoms with Crippen molar-refractivity contribution in [1.29, 1.82) is 0 Å². The van der Waals surface area contributed by atoms with Crippen molar-refractivity contribution in [3.8, 4) is 11.5 Å². The number of aryl methyl sites for hydroxylation is 1. The van der Waals surface area contributed by atoms with Crippen molar-refractivity contribution >= 4 is 6.47 Å². The predicted molar refractivity (Wildman–Crippen MR) is 128 cm³/mol. The Morgan fingerprint density at radius 2 is 1.45 bits per heavy atom. The van der Waals surface area contributed by atoms with E-state index >= 15 is 0 Å².